The Labute approximate surface area is 119 Å². The number of nitrogens with zero attached hydrogens (tertiary/aromatic N) is 1. The minimum atomic E-state index is -1.05. The van der Waals surface area contributed by atoms with Crippen LogP contribution in [0.5, 0.6) is 0 Å². The number of aliphatic carboxylic acids is 1. The second-order valence-electron chi connectivity index (χ2n) is 5.10. The number of carbonyl (C=O) groups excluding carboxylic acids is 1. The molecule has 3 aliphatic rings. The van der Waals surface area contributed by atoms with Crippen LogP contribution in [0, 0.1) is 5.92 Å². The van der Waals surface area contributed by atoms with Crippen molar-refractivity contribution in [3.63, 3.8) is 0 Å². The number of carbonyl (C=O) groups is 2. The molecule has 3 atom stereocenters. The van der Waals surface area contributed by atoms with Crippen molar-refractivity contribution in [1.82, 2.24) is 4.90 Å². The van der Waals surface area contributed by atoms with Crippen LogP contribution in [0.3, 0.4) is 0 Å². The largest absolute Gasteiger partial charge is 0.477 e. The van der Waals surface area contributed by atoms with E-state index in [1.807, 2.05) is 0 Å². The summed E-state index contributed by atoms with van der Waals surface area (Å²) in [6.07, 6.45) is 2.69. The molecule has 104 valence electrons. The van der Waals surface area contributed by atoms with Gasteiger partial charge < -0.3 is 10.2 Å². The fourth-order valence-electron chi connectivity index (χ4n) is 2.47. The van der Waals surface area contributed by atoms with Gasteiger partial charge >= 0.3 is 5.97 Å². The molecule has 5 nitrogen and oxygen atoms in total. The lowest BCUT2D eigenvalue weighted by Gasteiger charge is -2.43. The molecular weight excluding hydrogens is 286 g/mol. The van der Waals surface area contributed by atoms with Crippen molar-refractivity contribution < 1.29 is 19.8 Å². The molecule has 2 fully saturated rings. The fraction of sp³-hybridized carbons (Fsp3) is 0.667. The quantitative estimate of drug-likeness (QED) is 0.765. The monoisotopic (exact) mass is 301 g/mol. The van der Waals surface area contributed by atoms with Crippen molar-refractivity contribution in [2.24, 2.45) is 5.92 Å². The molecule has 0 aromatic rings. The van der Waals surface area contributed by atoms with Crippen LogP contribution in [0.15, 0.2) is 9.93 Å². The predicted octanol–water partition coefficient (Wildman–Crippen LogP) is 1.44. The third-order valence-corrected chi connectivity index (χ3v) is 6.74. The number of carboxylic acid groups (broad SMARTS) is 1. The number of rotatable bonds is 4. The van der Waals surface area contributed by atoms with Gasteiger partial charge in [-0.1, -0.05) is 18.2 Å². The Morgan fingerprint density at radius 1 is 1.53 bits per heavy atom. The number of hydrogen-bond donors (Lipinski definition) is 2. The van der Waals surface area contributed by atoms with Crippen molar-refractivity contribution >= 4 is 35.4 Å². The zero-order valence-electron chi connectivity index (χ0n) is 10.4. The first-order valence-corrected chi connectivity index (χ1v) is 8.08. The highest BCUT2D eigenvalue weighted by atomic mass is 32.2. The Balaban J connectivity index is 1.82. The van der Waals surface area contributed by atoms with E-state index in [4.69, 9.17) is 0 Å². The predicted molar refractivity (Wildman–Crippen MR) is 73.3 cm³/mol. The Morgan fingerprint density at radius 2 is 2.21 bits per heavy atom. The highest BCUT2D eigenvalue weighted by molar-refractivity contribution is 8.23. The maximum atomic E-state index is 12.0. The average molecular weight is 301 g/mol. The van der Waals surface area contributed by atoms with Crippen molar-refractivity contribution in [3.8, 4) is 0 Å². The van der Waals surface area contributed by atoms with E-state index in [0.29, 0.717) is 5.25 Å². The number of β-lactam (4-membered cyclic amide) rings is 1. The number of hydrogen-bond acceptors (Lipinski definition) is 5. The van der Waals surface area contributed by atoms with Crippen molar-refractivity contribution in [1.29, 1.82) is 0 Å². The summed E-state index contributed by atoms with van der Waals surface area (Å²) in [7, 11) is 0. The van der Waals surface area contributed by atoms with Crippen LogP contribution in [-0.4, -0.2) is 43.7 Å². The van der Waals surface area contributed by atoms with Crippen LogP contribution in [-0.2, 0) is 9.59 Å². The van der Waals surface area contributed by atoms with E-state index in [2.05, 4.69) is 0 Å². The lowest BCUT2D eigenvalue weighted by atomic mass is 9.92. The molecule has 1 saturated heterocycles. The highest BCUT2D eigenvalue weighted by Gasteiger charge is 2.57. The van der Waals surface area contributed by atoms with Crippen molar-refractivity contribution in [2.75, 3.05) is 0 Å². The van der Waals surface area contributed by atoms with Crippen LogP contribution in [0.1, 0.15) is 26.2 Å². The van der Waals surface area contributed by atoms with E-state index >= 15 is 0 Å². The zero-order valence-corrected chi connectivity index (χ0v) is 12.0. The number of fused-ring (bicyclic) bond motifs is 1. The number of aliphatic hydroxyl groups is 1. The lowest BCUT2D eigenvalue weighted by molar-refractivity contribution is -0.156. The maximum Gasteiger partial charge on any atom is 0.354 e. The zero-order chi connectivity index (χ0) is 13.7. The van der Waals surface area contributed by atoms with Gasteiger partial charge in [0.15, 0.2) is 5.70 Å². The molecule has 1 aliphatic carbocycles. The van der Waals surface area contributed by atoms with E-state index in [9.17, 15) is 19.8 Å². The first kappa shape index (κ1) is 13.3. The van der Waals surface area contributed by atoms with Gasteiger partial charge in [-0.05, 0) is 19.8 Å². The summed E-state index contributed by atoms with van der Waals surface area (Å²) in [6.45, 7) is 1.58. The molecule has 2 heterocycles. The van der Waals surface area contributed by atoms with E-state index in [0.717, 1.165) is 17.1 Å². The normalized spacial score (nSPS) is 31.9. The third-order valence-electron chi connectivity index (χ3n) is 3.79. The van der Waals surface area contributed by atoms with Crippen LogP contribution in [0.25, 0.3) is 0 Å². The number of thioether (sulfide) groups is 2. The third kappa shape index (κ3) is 1.98. The Hall–Kier alpha value is -0.660. The van der Waals surface area contributed by atoms with Gasteiger partial charge in [0.1, 0.15) is 5.37 Å². The highest BCUT2D eigenvalue weighted by Crippen LogP contribution is 2.55. The minimum Gasteiger partial charge on any atom is -0.477 e. The number of amides is 1. The molecule has 0 unspecified atom stereocenters. The van der Waals surface area contributed by atoms with E-state index < -0.39 is 18.0 Å². The van der Waals surface area contributed by atoms with Gasteiger partial charge in [0.2, 0.25) is 5.91 Å². The summed E-state index contributed by atoms with van der Waals surface area (Å²) in [5.74, 6) is -1.79. The van der Waals surface area contributed by atoms with Gasteiger partial charge in [-0.25, -0.2) is 4.79 Å². The SMILES string of the molecule is C[C@@H](O)[C@H]1C(=O)N2C(C(=O)O)=C(SC3CCC3)S[C@H]12. The molecule has 2 aliphatic heterocycles. The Bertz CT molecular complexity index is 472. The summed E-state index contributed by atoms with van der Waals surface area (Å²) in [5.41, 5.74) is 0.119. The average Bonchev–Trinajstić information content (AvgIpc) is 2.57. The topological polar surface area (TPSA) is 77.8 Å². The van der Waals surface area contributed by atoms with Gasteiger partial charge in [-0.15, -0.1) is 11.8 Å². The van der Waals surface area contributed by atoms with E-state index in [-0.39, 0.29) is 17.0 Å². The van der Waals surface area contributed by atoms with Gasteiger partial charge in [0.25, 0.3) is 0 Å². The molecular formula is C12H15NO4S2. The first-order valence-electron chi connectivity index (χ1n) is 6.32. The molecule has 0 bridgehead atoms. The standard InChI is InChI=1S/C12H15NO4S2/c1-5(14)7-9(15)13-8(11(16)17)12(19-10(7)13)18-6-3-2-4-6/h5-7,10,14H,2-4H2,1H3,(H,16,17)/t5-,7+,10-/m1/s1. The maximum absolute atomic E-state index is 12.0. The first-order chi connectivity index (χ1) is 9.00. The van der Waals surface area contributed by atoms with Gasteiger partial charge in [-0.2, -0.15) is 0 Å². The lowest BCUT2D eigenvalue weighted by Crippen LogP contribution is -2.60. The molecule has 19 heavy (non-hydrogen) atoms. The van der Waals surface area contributed by atoms with Gasteiger partial charge in [0, 0.05) is 5.25 Å². The molecule has 7 heteroatoms. The van der Waals surface area contributed by atoms with Crippen LogP contribution >= 0.6 is 23.5 Å². The van der Waals surface area contributed by atoms with Crippen LogP contribution in [0.4, 0.5) is 0 Å². The molecule has 3 rings (SSSR count). The van der Waals surface area contributed by atoms with E-state index in [1.165, 1.54) is 23.1 Å². The molecule has 0 radical (unpaired) electrons. The van der Waals surface area contributed by atoms with E-state index in [1.54, 1.807) is 18.7 Å². The molecule has 0 aromatic heterocycles. The molecule has 0 spiro atoms. The molecule has 1 amide bonds. The molecule has 1 saturated carbocycles. The summed E-state index contributed by atoms with van der Waals surface area (Å²) >= 11 is 3.00. The van der Waals surface area contributed by atoms with Crippen molar-refractivity contribution in [2.45, 2.75) is 42.9 Å². The number of aliphatic hydroxyl groups excluding tert-OH is 1. The Kier molecular flexibility index (Phi) is 3.31. The summed E-state index contributed by atoms with van der Waals surface area (Å²) < 4.78 is 0.735. The summed E-state index contributed by atoms with van der Waals surface area (Å²) in [6, 6.07) is 0. The summed E-state index contributed by atoms with van der Waals surface area (Å²) in [5, 5.41) is 19.2. The summed E-state index contributed by atoms with van der Waals surface area (Å²) in [4.78, 5) is 24.7. The van der Waals surface area contributed by atoms with Crippen LogP contribution in [0.2, 0.25) is 0 Å². The molecule has 2 N–H and O–H groups in total. The second kappa shape index (κ2) is 4.71. The smallest absolute Gasteiger partial charge is 0.354 e. The second-order valence-corrected chi connectivity index (χ2v) is 7.79. The fourth-order valence-corrected chi connectivity index (χ4v) is 5.89. The molecule has 0 aromatic carbocycles. The van der Waals surface area contributed by atoms with Crippen LogP contribution < -0.4 is 0 Å². The Morgan fingerprint density at radius 3 is 2.68 bits per heavy atom. The minimum absolute atomic E-state index is 0.119. The van der Waals surface area contributed by atoms with Gasteiger partial charge in [-0.3, -0.25) is 9.69 Å². The number of carboxylic acids is 1. The van der Waals surface area contributed by atoms with Crippen molar-refractivity contribution in [3.05, 3.63) is 9.93 Å². The van der Waals surface area contributed by atoms with Gasteiger partial charge in [0.05, 0.1) is 16.3 Å².